The van der Waals surface area contributed by atoms with Gasteiger partial charge in [0.15, 0.2) is 11.2 Å². The van der Waals surface area contributed by atoms with Gasteiger partial charge in [-0.2, -0.15) is 4.98 Å². The first-order chi connectivity index (χ1) is 8.65. The van der Waals surface area contributed by atoms with E-state index >= 15 is 0 Å². The van der Waals surface area contributed by atoms with E-state index in [1.807, 2.05) is 0 Å². The highest BCUT2D eigenvalue weighted by Crippen LogP contribution is 2.07. The summed E-state index contributed by atoms with van der Waals surface area (Å²) in [7, 11) is 0. The van der Waals surface area contributed by atoms with Gasteiger partial charge in [0.1, 0.15) is 12.8 Å². The molecule has 0 saturated carbocycles. The lowest BCUT2D eigenvalue weighted by Crippen LogP contribution is -2.23. The number of aliphatic hydroxyl groups excluding tert-OH is 2. The van der Waals surface area contributed by atoms with Gasteiger partial charge in [-0.1, -0.05) is 0 Å². The van der Waals surface area contributed by atoms with E-state index < -0.39 is 11.7 Å². The molecule has 10 heteroatoms. The highest BCUT2D eigenvalue weighted by atomic mass is 16.5. The zero-order chi connectivity index (χ0) is 13.1. The van der Waals surface area contributed by atoms with Crippen molar-refractivity contribution in [1.29, 1.82) is 0 Å². The molecule has 106 valence electrons. The molecule has 10 nitrogen and oxygen atoms in total. The summed E-state index contributed by atoms with van der Waals surface area (Å²) in [6, 6.07) is 0. The first-order valence-electron chi connectivity index (χ1n) is 5.19. The van der Waals surface area contributed by atoms with E-state index in [-0.39, 0.29) is 42.5 Å². The Morgan fingerprint density at radius 2 is 2.16 bits per heavy atom. The van der Waals surface area contributed by atoms with Crippen molar-refractivity contribution in [2.24, 2.45) is 0 Å². The van der Waals surface area contributed by atoms with Gasteiger partial charge in [0.25, 0.3) is 5.56 Å². The standard InChI is InChI=1S/C9H13N5O4.H2O/c10-9-12-7-6(8(17)13-9)11-3-14(7)4-18-5(1-15)2-16;/h3,5,15-16H,1-2,4H2,(H3,10,12,13,17);1H2. The van der Waals surface area contributed by atoms with Crippen molar-refractivity contribution in [1.82, 2.24) is 19.5 Å². The van der Waals surface area contributed by atoms with Crippen LogP contribution in [0.25, 0.3) is 11.2 Å². The lowest BCUT2D eigenvalue weighted by molar-refractivity contribution is -0.0488. The number of H-pyrrole nitrogens is 1. The topological polar surface area (TPSA) is 171 Å². The van der Waals surface area contributed by atoms with Gasteiger partial charge in [-0.15, -0.1) is 0 Å². The van der Waals surface area contributed by atoms with E-state index in [2.05, 4.69) is 15.0 Å². The third kappa shape index (κ3) is 3.06. The Labute approximate surface area is 106 Å². The summed E-state index contributed by atoms with van der Waals surface area (Å²) < 4.78 is 6.66. The number of aromatic amines is 1. The maximum absolute atomic E-state index is 11.5. The Balaban J connectivity index is 0.00000180. The minimum atomic E-state index is -0.693. The van der Waals surface area contributed by atoms with Crippen LogP contribution in [0.4, 0.5) is 5.95 Å². The smallest absolute Gasteiger partial charge is 0.280 e. The highest BCUT2D eigenvalue weighted by molar-refractivity contribution is 5.70. The molecule has 0 aromatic carbocycles. The van der Waals surface area contributed by atoms with Crippen LogP contribution >= 0.6 is 0 Å². The van der Waals surface area contributed by atoms with Crippen LogP contribution in [-0.2, 0) is 11.5 Å². The molecule has 0 atom stereocenters. The molecule has 0 bridgehead atoms. The molecule has 0 spiro atoms. The summed E-state index contributed by atoms with van der Waals surface area (Å²) in [4.78, 5) is 21.6. The molecular weight excluding hydrogens is 258 g/mol. The van der Waals surface area contributed by atoms with Crippen LogP contribution in [-0.4, -0.2) is 54.5 Å². The van der Waals surface area contributed by atoms with E-state index in [9.17, 15) is 4.79 Å². The maximum Gasteiger partial charge on any atom is 0.280 e. The van der Waals surface area contributed by atoms with Gasteiger partial charge >= 0.3 is 0 Å². The van der Waals surface area contributed by atoms with Crippen LogP contribution in [0.15, 0.2) is 11.1 Å². The van der Waals surface area contributed by atoms with Crippen LogP contribution in [0.5, 0.6) is 0 Å². The lowest BCUT2D eigenvalue weighted by Gasteiger charge is -2.12. The van der Waals surface area contributed by atoms with Crippen molar-refractivity contribution in [3.05, 3.63) is 16.7 Å². The van der Waals surface area contributed by atoms with E-state index in [1.165, 1.54) is 10.9 Å². The normalized spacial score (nSPS) is 10.9. The van der Waals surface area contributed by atoms with Crippen LogP contribution in [0.2, 0.25) is 0 Å². The number of nitrogen functional groups attached to an aromatic ring is 1. The quantitative estimate of drug-likeness (QED) is 0.455. The van der Waals surface area contributed by atoms with E-state index in [1.54, 1.807) is 0 Å². The summed E-state index contributed by atoms with van der Waals surface area (Å²) in [5, 5.41) is 17.7. The van der Waals surface area contributed by atoms with Crippen molar-refractivity contribution in [2.45, 2.75) is 12.8 Å². The molecule has 2 rings (SSSR count). The van der Waals surface area contributed by atoms with Crippen LogP contribution in [0, 0.1) is 0 Å². The van der Waals surface area contributed by atoms with Crippen LogP contribution in [0.1, 0.15) is 0 Å². The van der Waals surface area contributed by atoms with Crippen molar-refractivity contribution < 1.29 is 20.4 Å². The molecule has 0 aliphatic heterocycles. The van der Waals surface area contributed by atoms with Gasteiger partial charge in [-0.3, -0.25) is 14.3 Å². The molecule has 0 unspecified atom stereocenters. The first kappa shape index (κ1) is 15.0. The van der Waals surface area contributed by atoms with Crippen molar-refractivity contribution >= 4 is 17.1 Å². The second-order valence-electron chi connectivity index (χ2n) is 3.62. The van der Waals surface area contributed by atoms with Gasteiger partial charge in [-0.25, -0.2) is 4.98 Å². The average Bonchev–Trinajstić information content (AvgIpc) is 2.74. The van der Waals surface area contributed by atoms with Gasteiger partial charge < -0.3 is 26.2 Å². The molecule has 0 amide bonds. The second kappa shape index (κ2) is 6.24. The molecule has 2 aromatic heterocycles. The molecule has 2 heterocycles. The van der Waals surface area contributed by atoms with Gasteiger partial charge in [0.2, 0.25) is 5.95 Å². The average molecular weight is 273 g/mol. The zero-order valence-electron chi connectivity index (χ0n) is 9.91. The third-order valence-electron chi connectivity index (χ3n) is 2.35. The molecule has 0 aliphatic rings. The third-order valence-corrected chi connectivity index (χ3v) is 2.35. The number of nitrogens with zero attached hydrogens (tertiary/aromatic N) is 3. The number of hydrogen-bond acceptors (Lipinski definition) is 7. The number of ether oxygens (including phenoxy) is 1. The molecule has 0 aliphatic carbocycles. The predicted octanol–water partition coefficient (Wildman–Crippen LogP) is -2.80. The largest absolute Gasteiger partial charge is 0.412 e. The van der Waals surface area contributed by atoms with E-state index in [0.29, 0.717) is 0 Å². The van der Waals surface area contributed by atoms with Crippen LogP contribution < -0.4 is 11.3 Å². The SMILES string of the molecule is Nc1nc2c(ncn2COC(CO)CO)c(=O)[nH]1.O. The molecule has 19 heavy (non-hydrogen) atoms. The number of aromatic nitrogens is 4. The minimum absolute atomic E-state index is 0. The Kier molecular flexibility index (Phi) is 4.94. The number of imidazole rings is 1. The van der Waals surface area contributed by atoms with Gasteiger partial charge in [-0.05, 0) is 0 Å². The number of nitrogens with two attached hydrogens (primary N) is 1. The zero-order valence-corrected chi connectivity index (χ0v) is 9.91. The Bertz CT molecular complexity index is 590. The van der Waals surface area contributed by atoms with E-state index in [4.69, 9.17) is 20.7 Å². The number of anilines is 1. The number of fused-ring (bicyclic) bond motifs is 1. The van der Waals surface area contributed by atoms with E-state index in [0.717, 1.165) is 0 Å². The number of nitrogens with one attached hydrogen (secondary N) is 1. The molecule has 0 saturated heterocycles. The Hall–Kier alpha value is -2.01. The highest BCUT2D eigenvalue weighted by Gasteiger charge is 2.11. The second-order valence-corrected chi connectivity index (χ2v) is 3.62. The summed E-state index contributed by atoms with van der Waals surface area (Å²) in [5.41, 5.74) is 5.43. The minimum Gasteiger partial charge on any atom is -0.412 e. The summed E-state index contributed by atoms with van der Waals surface area (Å²) in [6.07, 6.45) is 0.680. The molecule has 0 fully saturated rings. The predicted molar refractivity (Wildman–Crippen MR) is 65.2 cm³/mol. The summed E-state index contributed by atoms with van der Waals surface area (Å²) in [6.45, 7) is -0.614. The fraction of sp³-hybridized carbons (Fsp3) is 0.444. The van der Waals surface area contributed by atoms with Gasteiger partial charge in [0.05, 0.1) is 19.5 Å². The van der Waals surface area contributed by atoms with Crippen molar-refractivity contribution in [2.75, 3.05) is 18.9 Å². The van der Waals surface area contributed by atoms with Crippen molar-refractivity contribution in [3.63, 3.8) is 0 Å². The fourth-order valence-electron chi connectivity index (χ4n) is 1.41. The Morgan fingerprint density at radius 1 is 1.47 bits per heavy atom. The fourth-order valence-corrected chi connectivity index (χ4v) is 1.41. The number of aliphatic hydroxyl groups is 2. The molecule has 2 aromatic rings. The Morgan fingerprint density at radius 3 is 2.79 bits per heavy atom. The van der Waals surface area contributed by atoms with Crippen molar-refractivity contribution in [3.8, 4) is 0 Å². The monoisotopic (exact) mass is 273 g/mol. The summed E-state index contributed by atoms with van der Waals surface area (Å²) in [5.74, 6) is -0.0184. The number of rotatable bonds is 5. The molecule has 0 radical (unpaired) electrons. The van der Waals surface area contributed by atoms with Crippen LogP contribution in [0.3, 0.4) is 0 Å². The first-order valence-corrected chi connectivity index (χ1v) is 5.19. The molecular formula is C9H15N5O5. The maximum atomic E-state index is 11.5. The molecule has 7 N–H and O–H groups in total. The number of hydrogen-bond donors (Lipinski definition) is 4. The lowest BCUT2D eigenvalue weighted by atomic mass is 10.4. The van der Waals surface area contributed by atoms with Gasteiger partial charge in [0, 0.05) is 0 Å². The summed E-state index contributed by atoms with van der Waals surface area (Å²) >= 11 is 0.